The highest BCUT2D eigenvalue weighted by molar-refractivity contribution is 5.23. The molecule has 1 aromatic rings. The van der Waals surface area contributed by atoms with Crippen LogP contribution in [-0.4, -0.2) is 24.0 Å². The van der Waals surface area contributed by atoms with Crippen LogP contribution in [0.25, 0.3) is 0 Å². The van der Waals surface area contributed by atoms with Gasteiger partial charge in [-0.2, -0.15) is 0 Å². The number of hydrogen-bond acceptors (Lipinski definition) is 2. The summed E-state index contributed by atoms with van der Waals surface area (Å²) in [6.07, 6.45) is 5.31. The largest absolute Gasteiger partial charge is 0.313 e. The average Bonchev–Trinajstić information content (AvgIpc) is 3.28. The molecular formula is C19H32N2. The first-order chi connectivity index (χ1) is 10.2. The van der Waals surface area contributed by atoms with Gasteiger partial charge in [0.15, 0.2) is 0 Å². The summed E-state index contributed by atoms with van der Waals surface area (Å²) in [6.45, 7) is 11.3. The molecule has 2 rings (SSSR count). The lowest BCUT2D eigenvalue weighted by Gasteiger charge is -2.23. The Morgan fingerprint density at radius 3 is 2.67 bits per heavy atom. The van der Waals surface area contributed by atoms with Gasteiger partial charge in [0.05, 0.1) is 0 Å². The zero-order valence-electron chi connectivity index (χ0n) is 14.1. The number of nitrogens with zero attached hydrogens (tertiary/aromatic N) is 1. The van der Waals surface area contributed by atoms with Crippen molar-refractivity contribution < 1.29 is 0 Å². The summed E-state index contributed by atoms with van der Waals surface area (Å²) in [5.74, 6) is 0.802. The number of benzene rings is 1. The molecule has 1 saturated carbocycles. The molecule has 0 unspecified atom stereocenters. The lowest BCUT2D eigenvalue weighted by atomic mass is 10.1. The molecule has 2 heteroatoms. The standard InChI is InChI=1S/C19H32N2/c1-4-11-20-14-17-6-5-7-18(13-17)15-21(19-8-9-19)12-10-16(2)3/h5-7,13,16,19-20H,4,8-12,14-15H2,1-3H3. The van der Waals surface area contributed by atoms with Gasteiger partial charge in [0.1, 0.15) is 0 Å². The Bertz CT molecular complexity index is 410. The van der Waals surface area contributed by atoms with E-state index in [9.17, 15) is 0 Å². The van der Waals surface area contributed by atoms with Crippen molar-refractivity contribution in [1.82, 2.24) is 10.2 Å². The van der Waals surface area contributed by atoms with Crippen LogP contribution in [0.5, 0.6) is 0 Å². The molecule has 118 valence electrons. The van der Waals surface area contributed by atoms with Crippen molar-refractivity contribution in [2.75, 3.05) is 13.1 Å². The molecule has 2 nitrogen and oxygen atoms in total. The Morgan fingerprint density at radius 2 is 2.00 bits per heavy atom. The van der Waals surface area contributed by atoms with Gasteiger partial charge in [0.2, 0.25) is 0 Å². The third-order valence-corrected chi connectivity index (χ3v) is 4.19. The smallest absolute Gasteiger partial charge is 0.0236 e. The lowest BCUT2D eigenvalue weighted by Crippen LogP contribution is -2.27. The highest BCUT2D eigenvalue weighted by Gasteiger charge is 2.28. The first-order valence-corrected chi connectivity index (χ1v) is 8.71. The summed E-state index contributed by atoms with van der Waals surface area (Å²) in [6, 6.07) is 9.97. The molecule has 0 saturated heterocycles. The Kier molecular flexibility index (Phi) is 6.72. The van der Waals surface area contributed by atoms with Crippen molar-refractivity contribution in [2.45, 2.75) is 65.6 Å². The molecule has 21 heavy (non-hydrogen) atoms. The first-order valence-electron chi connectivity index (χ1n) is 8.71. The fourth-order valence-electron chi connectivity index (χ4n) is 2.74. The molecule has 0 bridgehead atoms. The van der Waals surface area contributed by atoms with E-state index in [1.165, 1.54) is 43.4 Å². The Balaban J connectivity index is 1.88. The van der Waals surface area contributed by atoms with Gasteiger partial charge in [-0.1, -0.05) is 45.0 Å². The predicted octanol–water partition coefficient (Wildman–Crippen LogP) is 4.20. The summed E-state index contributed by atoms with van der Waals surface area (Å²) >= 11 is 0. The van der Waals surface area contributed by atoms with Gasteiger partial charge in [-0.15, -0.1) is 0 Å². The predicted molar refractivity (Wildman–Crippen MR) is 91.3 cm³/mol. The van der Waals surface area contributed by atoms with Crippen LogP contribution >= 0.6 is 0 Å². The lowest BCUT2D eigenvalue weighted by molar-refractivity contribution is 0.239. The Labute approximate surface area is 130 Å². The van der Waals surface area contributed by atoms with Gasteiger partial charge < -0.3 is 5.32 Å². The minimum absolute atomic E-state index is 0.802. The van der Waals surface area contributed by atoms with Gasteiger partial charge in [-0.05, 0) is 55.8 Å². The maximum Gasteiger partial charge on any atom is 0.0236 e. The van der Waals surface area contributed by atoms with E-state index in [2.05, 4.69) is 55.3 Å². The molecule has 0 aliphatic heterocycles. The zero-order valence-corrected chi connectivity index (χ0v) is 14.1. The number of nitrogens with one attached hydrogen (secondary N) is 1. The molecule has 1 aliphatic carbocycles. The molecule has 0 aromatic heterocycles. The third kappa shape index (κ3) is 6.19. The first kappa shape index (κ1) is 16.5. The summed E-state index contributed by atoms with van der Waals surface area (Å²) in [7, 11) is 0. The summed E-state index contributed by atoms with van der Waals surface area (Å²) in [4.78, 5) is 2.69. The van der Waals surface area contributed by atoms with E-state index < -0.39 is 0 Å². The molecule has 1 fully saturated rings. The average molecular weight is 288 g/mol. The van der Waals surface area contributed by atoms with Crippen molar-refractivity contribution in [2.24, 2.45) is 5.92 Å². The molecule has 0 heterocycles. The number of rotatable bonds is 10. The second-order valence-electron chi connectivity index (χ2n) is 6.88. The van der Waals surface area contributed by atoms with Crippen LogP contribution < -0.4 is 5.32 Å². The Morgan fingerprint density at radius 1 is 1.24 bits per heavy atom. The maximum absolute atomic E-state index is 3.49. The van der Waals surface area contributed by atoms with Crippen LogP contribution in [0.4, 0.5) is 0 Å². The second kappa shape index (κ2) is 8.55. The normalized spacial score (nSPS) is 15.1. The van der Waals surface area contributed by atoms with Crippen molar-refractivity contribution in [3.8, 4) is 0 Å². The fraction of sp³-hybridized carbons (Fsp3) is 0.684. The highest BCUT2D eigenvalue weighted by Crippen LogP contribution is 2.29. The van der Waals surface area contributed by atoms with E-state index in [1.54, 1.807) is 0 Å². The van der Waals surface area contributed by atoms with Crippen molar-refractivity contribution in [3.05, 3.63) is 35.4 Å². The monoisotopic (exact) mass is 288 g/mol. The molecule has 0 atom stereocenters. The van der Waals surface area contributed by atoms with Crippen LogP contribution in [0.15, 0.2) is 24.3 Å². The molecule has 1 aromatic carbocycles. The molecule has 1 aliphatic rings. The van der Waals surface area contributed by atoms with E-state index in [4.69, 9.17) is 0 Å². The van der Waals surface area contributed by atoms with Crippen LogP contribution in [0.2, 0.25) is 0 Å². The van der Waals surface area contributed by atoms with Gasteiger partial charge >= 0.3 is 0 Å². The van der Waals surface area contributed by atoms with Crippen molar-refractivity contribution >= 4 is 0 Å². The van der Waals surface area contributed by atoms with Gasteiger partial charge in [0.25, 0.3) is 0 Å². The Hall–Kier alpha value is -0.860. The van der Waals surface area contributed by atoms with E-state index in [0.717, 1.165) is 31.6 Å². The van der Waals surface area contributed by atoms with Crippen LogP contribution in [-0.2, 0) is 13.1 Å². The topological polar surface area (TPSA) is 15.3 Å². The summed E-state index contributed by atoms with van der Waals surface area (Å²) < 4.78 is 0. The minimum atomic E-state index is 0.802. The minimum Gasteiger partial charge on any atom is -0.313 e. The van der Waals surface area contributed by atoms with Crippen molar-refractivity contribution in [3.63, 3.8) is 0 Å². The highest BCUT2D eigenvalue weighted by atomic mass is 15.2. The quantitative estimate of drug-likeness (QED) is 0.649. The van der Waals surface area contributed by atoms with E-state index in [1.807, 2.05) is 0 Å². The maximum atomic E-state index is 3.49. The molecule has 0 spiro atoms. The molecule has 0 radical (unpaired) electrons. The molecule has 1 N–H and O–H groups in total. The van der Waals surface area contributed by atoms with Crippen LogP contribution in [0, 0.1) is 5.92 Å². The van der Waals surface area contributed by atoms with Crippen LogP contribution in [0.3, 0.4) is 0 Å². The van der Waals surface area contributed by atoms with Crippen molar-refractivity contribution in [1.29, 1.82) is 0 Å². The van der Waals surface area contributed by atoms with Gasteiger partial charge in [-0.25, -0.2) is 0 Å². The van der Waals surface area contributed by atoms with E-state index in [-0.39, 0.29) is 0 Å². The van der Waals surface area contributed by atoms with E-state index >= 15 is 0 Å². The SMILES string of the molecule is CCCNCc1cccc(CN(CCC(C)C)C2CC2)c1. The zero-order chi connectivity index (χ0) is 15.1. The summed E-state index contributed by atoms with van der Waals surface area (Å²) in [5, 5.41) is 3.49. The summed E-state index contributed by atoms with van der Waals surface area (Å²) in [5.41, 5.74) is 2.89. The molecule has 0 amide bonds. The van der Waals surface area contributed by atoms with Crippen LogP contribution in [0.1, 0.15) is 57.6 Å². The van der Waals surface area contributed by atoms with Gasteiger partial charge in [0, 0.05) is 19.1 Å². The molecular weight excluding hydrogens is 256 g/mol. The van der Waals surface area contributed by atoms with Gasteiger partial charge in [-0.3, -0.25) is 4.90 Å². The third-order valence-electron chi connectivity index (χ3n) is 4.19. The second-order valence-corrected chi connectivity index (χ2v) is 6.88. The fourth-order valence-corrected chi connectivity index (χ4v) is 2.74. The van der Waals surface area contributed by atoms with E-state index in [0.29, 0.717) is 0 Å². The number of hydrogen-bond donors (Lipinski definition) is 1.